The molecule has 0 aliphatic carbocycles. The molecule has 0 bridgehead atoms. The third-order valence-corrected chi connectivity index (χ3v) is 5.68. The summed E-state index contributed by atoms with van der Waals surface area (Å²) < 4.78 is 7.36. The topological polar surface area (TPSA) is 38.5 Å². The summed E-state index contributed by atoms with van der Waals surface area (Å²) in [7, 11) is 2.21. The zero-order valence-corrected chi connectivity index (χ0v) is 13.5. The lowest BCUT2D eigenvalue weighted by Crippen LogP contribution is -2.39. The van der Waals surface area contributed by atoms with E-state index in [1.165, 1.54) is 46.3 Å². The van der Waals surface area contributed by atoms with E-state index in [0.29, 0.717) is 19.2 Å². The summed E-state index contributed by atoms with van der Waals surface area (Å²) in [5.74, 6) is 0. The molecule has 0 spiro atoms. The van der Waals surface area contributed by atoms with Crippen LogP contribution in [0.2, 0.25) is 0 Å². The highest BCUT2D eigenvalue weighted by molar-refractivity contribution is 7.19. The monoisotopic (exact) mass is 304 g/mol. The minimum atomic E-state index is 0.574. The van der Waals surface area contributed by atoms with Crippen LogP contribution < -0.4 is 5.73 Å². The Morgan fingerprint density at radius 1 is 1.33 bits per heavy atom. The Hall–Kier alpha value is -0.940. The van der Waals surface area contributed by atoms with Crippen molar-refractivity contribution in [3.63, 3.8) is 0 Å². The molecule has 1 aliphatic heterocycles. The first-order valence-corrected chi connectivity index (χ1v) is 8.58. The largest absolute Gasteiger partial charge is 0.375 e. The zero-order valence-electron chi connectivity index (χ0n) is 12.7. The molecule has 1 atom stereocenters. The van der Waals surface area contributed by atoms with Crippen LogP contribution in [0.1, 0.15) is 29.7 Å². The predicted molar refractivity (Wildman–Crippen MR) is 89.6 cm³/mol. The highest BCUT2D eigenvalue weighted by atomic mass is 32.1. The smallest absolute Gasteiger partial charge is 0.0735 e. The van der Waals surface area contributed by atoms with Crippen molar-refractivity contribution in [1.29, 1.82) is 0 Å². The molecule has 0 amide bonds. The van der Waals surface area contributed by atoms with Gasteiger partial charge in [0.25, 0.3) is 0 Å². The van der Waals surface area contributed by atoms with Crippen molar-refractivity contribution in [3.8, 4) is 0 Å². The molecule has 2 aromatic rings. The number of likely N-dealkylation sites (tertiary alicyclic amines) is 1. The van der Waals surface area contributed by atoms with Crippen LogP contribution in [0.4, 0.5) is 0 Å². The third-order valence-electron chi connectivity index (χ3n) is 4.45. The molecule has 1 saturated heterocycles. The summed E-state index contributed by atoms with van der Waals surface area (Å²) in [4.78, 5) is 3.69. The lowest BCUT2D eigenvalue weighted by atomic mass is 10.0. The van der Waals surface area contributed by atoms with Gasteiger partial charge in [-0.05, 0) is 37.9 Å². The maximum atomic E-state index is 6.05. The summed E-state index contributed by atoms with van der Waals surface area (Å²) in [6.07, 6.45) is 3.90. The van der Waals surface area contributed by atoms with E-state index >= 15 is 0 Å². The standard InChI is InChI=1S/C17H24N2OS/c1-19-9-5-4-6-13(19)11-20-12-15-14-7-2-3-8-16(14)21-17(15)10-18/h2-3,7-8,13H,4-6,9-12,18H2,1H3. The number of ether oxygens (including phenoxy) is 1. The number of hydrogen-bond donors (Lipinski definition) is 1. The maximum absolute atomic E-state index is 6.05. The lowest BCUT2D eigenvalue weighted by molar-refractivity contribution is 0.0447. The Bertz CT molecular complexity index is 595. The molecule has 1 aromatic carbocycles. The first-order valence-electron chi connectivity index (χ1n) is 7.77. The predicted octanol–water partition coefficient (Wildman–Crippen LogP) is 3.36. The number of fused-ring (bicyclic) bond motifs is 1. The number of piperidine rings is 1. The average molecular weight is 304 g/mol. The Labute approximate surface area is 130 Å². The van der Waals surface area contributed by atoms with Crippen molar-refractivity contribution in [1.82, 2.24) is 4.90 Å². The molecular formula is C17H24N2OS. The SMILES string of the molecule is CN1CCCCC1COCc1c(CN)sc2ccccc12. The molecule has 1 aliphatic rings. The second-order valence-corrected chi connectivity index (χ2v) is 6.99. The zero-order chi connectivity index (χ0) is 14.7. The molecule has 114 valence electrons. The van der Waals surface area contributed by atoms with E-state index in [9.17, 15) is 0 Å². The van der Waals surface area contributed by atoms with Crippen LogP contribution in [0.5, 0.6) is 0 Å². The van der Waals surface area contributed by atoms with Crippen LogP contribution in [0.25, 0.3) is 10.1 Å². The van der Waals surface area contributed by atoms with E-state index in [1.807, 2.05) is 0 Å². The highest BCUT2D eigenvalue weighted by Crippen LogP contribution is 2.31. The third kappa shape index (κ3) is 3.29. The van der Waals surface area contributed by atoms with Crippen molar-refractivity contribution in [2.24, 2.45) is 5.73 Å². The quantitative estimate of drug-likeness (QED) is 0.920. The van der Waals surface area contributed by atoms with E-state index in [2.05, 4.69) is 36.2 Å². The molecular weight excluding hydrogens is 280 g/mol. The number of benzene rings is 1. The van der Waals surface area contributed by atoms with E-state index in [1.54, 1.807) is 11.3 Å². The van der Waals surface area contributed by atoms with Gasteiger partial charge in [0.15, 0.2) is 0 Å². The van der Waals surface area contributed by atoms with E-state index in [4.69, 9.17) is 10.5 Å². The minimum absolute atomic E-state index is 0.574. The van der Waals surface area contributed by atoms with Crippen LogP contribution >= 0.6 is 11.3 Å². The van der Waals surface area contributed by atoms with Gasteiger partial charge in [-0.3, -0.25) is 0 Å². The molecule has 1 aromatic heterocycles. The molecule has 3 nitrogen and oxygen atoms in total. The highest BCUT2D eigenvalue weighted by Gasteiger charge is 2.19. The summed E-state index contributed by atoms with van der Waals surface area (Å²) in [6.45, 7) is 3.30. The first kappa shape index (κ1) is 15.0. The summed E-state index contributed by atoms with van der Waals surface area (Å²) in [6, 6.07) is 9.09. The summed E-state index contributed by atoms with van der Waals surface area (Å²) in [5.41, 5.74) is 7.19. The fourth-order valence-electron chi connectivity index (χ4n) is 3.12. The molecule has 0 saturated carbocycles. The number of hydrogen-bond acceptors (Lipinski definition) is 4. The molecule has 1 unspecified atom stereocenters. The average Bonchev–Trinajstić information content (AvgIpc) is 2.87. The summed E-state index contributed by atoms with van der Waals surface area (Å²) >= 11 is 1.80. The minimum Gasteiger partial charge on any atom is -0.375 e. The Morgan fingerprint density at radius 3 is 3.00 bits per heavy atom. The maximum Gasteiger partial charge on any atom is 0.0735 e. The van der Waals surface area contributed by atoms with Crippen molar-refractivity contribution < 1.29 is 4.74 Å². The van der Waals surface area contributed by atoms with E-state index in [0.717, 1.165) is 6.61 Å². The first-order chi connectivity index (χ1) is 10.3. The number of likely N-dealkylation sites (N-methyl/N-ethyl adjacent to an activating group) is 1. The van der Waals surface area contributed by atoms with Gasteiger partial charge in [0.2, 0.25) is 0 Å². The second-order valence-electron chi connectivity index (χ2n) is 5.85. The van der Waals surface area contributed by atoms with Gasteiger partial charge in [0.1, 0.15) is 0 Å². The van der Waals surface area contributed by atoms with E-state index in [-0.39, 0.29) is 0 Å². The molecule has 2 N–H and O–H groups in total. The van der Waals surface area contributed by atoms with Gasteiger partial charge < -0.3 is 15.4 Å². The summed E-state index contributed by atoms with van der Waals surface area (Å²) in [5, 5.41) is 1.31. The molecule has 0 radical (unpaired) electrons. The van der Waals surface area contributed by atoms with E-state index < -0.39 is 0 Å². The van der Waals surface area contributed by atoms with Crippen molar-refractivity contribution in [2.45, 2.75) is 38.5 Å². The van der Waals surface area contributed by atoms with Gasteiger partial charge in [0.05, 0.1) is 13.2 Å². The Morgan fingerprint density at radius 2 is 2.19 bits per heavy atom. The normalized spacial score (nSPS) is 20.2. The Kier molecular flexibility index (Phi) is 4.91. The van der Waals surface area contributed by atoms with Crippen LogP contribution in [-0.4, -0.2) is 31.1 Å². The number of rotatable bonds is 5. The van der Waals surface area contributed by atoms with Crippen LogP contribution in [-0.2, 0) is 17.9 Å². The molecule has 4 heteroatoms. The van der Waals surface area contributed by atoms with Crippen molar-refractivity contribution in [2.75, 3.05) is 20.2 Å². The molecule has 21 heavy (non-hydrogen) atoms. The van der Waals surface area contributed by atoms with Crippen LogP contribution in [0.15, 0.2) is 24.3 Å². The van der Waals surface area contributed by atoms with Crippen molar-refractivity contribution in [3.05, 3.63) is 34.7 Å². The molecule has 2 heterocycles. The van der Waals surface area contributed by atoms with Crippen LogP contribution in [0, 0.1) is 0 Å². The lowest BCUT2D eigenvalue weighted by Gasteiger charge is -2.32. The van der Waals surface area contributed by atoms with Gasteiger partial charge in [0, 0.05) is 27.7 Å². The molecule has 1 fully saturated rings. The fourth-order valence-corrected chi connectivity index (χ4v) is 4.21. The van der Waals surface area contributed by atoms with Gasteiger partial charge in [-0.2, -0.15) is 0 Å². The van der Waals surface area contributed by atoms with Gasteiger partial charge in [-0.1, -0.05) is 24.6 Å². The van der Waals surface area contributed by atoms with Gasteiger partial charge in [-0.15, -0.1) is 11.3 Å². The number of thiophene rings is 1. The van der Waals surface area contributed by atoms with Crippen molar-refractivity contribution >= 4 is 21.4 Å². The number of nitrogens with two attached hydrogens (primary N) is 1. The van der Waals surface area contributed by atoms with Crippen LogP contribution in [0.3, 0.4) is 0 Å². The fraction of sp³-hybridized carbons (Fsp3) is 0.529. The van der Waals surface area contributed by atoms with Gasteiger partial charge in [-0.25, -0.2) is 0 Å². The molecule has 3 rings (SSSR count). The Balaban J connectivity index is 1.67. The van der Waals surface area contributed by atoms with Gasteiger partial charge >= 0.3 is 0 Å². The number of nitrogens with zero attached hydrogens (tertiary/aromatic N) is 1. The second kappa shape index (κ2) is 6.88.